The molecule has 0 bridgehead atoms. The lowest BCUT2D eigenvalue weighted by atomic mass is 9.97. The Labute approximate surface area is 159 Å². The van der Waals surface area contributed by atoms with E-state index < -0.39 is 58.8 Å². The molecule has 0 aromatic rings. The summed E-state index contributed by atoms with van der Waals surface area (Å²) in [5, 5.41) is 1.70. The van der Waals surface area contributed by atoms with Crippen LogP contribution in [0.1, 0.15) is 27.7 Å². The highest BCUT2D eigenvalue weighted by molar-refractivity contribution is 8.13. The number of ether oxygens (including phenoxy) is 4. The maximum atomic E-state index is 11.6. The number of hydrogen-bond acceptors (Lipinski definition) is 10. The Kier molecular flexibility index (Phi) is 8.50. The zero-order chi connectivity index (χ0) is 20.7. The molecule has 1 rings (SSSR count). The van der Waals surface area contributed by atoms with E-state index >= 15 is 0 Å². The SMILES string of the molecule is CC(=O)NC1[C@H](SC(N)=O)OC(COC(C)=O)[C@@H](OC(C)=O)[C@H]1OC(C)=O. The van der Waals surface area contributed by atoms with Gasteiger partial charge in [-0.25, -0.2) is 0 Å². The highest BCUT2D eigenvalue weighted by Gasteiger charge is 2.51. The van der Waals surface area contributed by atoms with Crippen LogP contribution in [0.5, 0.6) is 0 Å². The first kappa shape index (κ1) is 22.7. The summed E-state index contributed by atoms with van der Waals surface area (Å²) >= 11 is 0.545. The Hall–Kier alpha value is -2.34. The summed E-state index contributed by atoms with van der Waals surface area (Å²) in [5.41, 5.74) is 4.12. The number of thioether (sulfide) groups is 1. The van der Waals surface area contributed by atoms with Crippen LogP contribution in [0.25, 0.3) is 0 Å². The van der Waals surface area contributed by atoms with E-state index in [1.54, 1.807) is 0 Å². The molecular formula is C15H22N2O9S. The molecule has 1 aliphatic rings. The number of primary amides is 1. The second-order valence-corrected chi connectivity index (χ2v) is 6.76. The molecule has 1 heterocycles. The van der Waals surface area contributed by atoms with E-state index in [-0.39, 0.29) is 6.61 Å². The zero-order valence-electron chi connectivity index (χ0n) is 15.3. The molecule has 0 saturated carbocycles. The summed E-state index contributed by atoms with van der Waals surface area (Å²) in [6.07, 6.45) is -3.47. The fourth-order valence-electron chi connectivity index (χ4n) is 2.51. The Morgan fingerprint density at radius 1 is 0.963 bits per heavy atom. The lowest BCUT2D eigenvalue weighted by molar-refractivity contribution is -0.211. The fourth-order valence-corrected chi connectivity index (χ4v) is 3.30. The second-order valence-electron chi connectivity index (χ2n) is 5.66. The molecule has 0 aliphatic carbocycles. The van der Waals surface area contributed by atoms with Gasteiger partial charge in [0.2, 0.25) is 5.91 Å². The third-order valence-electron chi connectivity index (χ3n) is 3.30. The van der Waals surface area contributed by atoms with Gasteiger partial charge in [0.05, 0.1) is 0 Å². The topological polar surface area (TPSA) is 160 Å². The third kappa shape index (κ3) is 7.43. The minimum absolute atomic E-state index is 0.340. The molecule has 2 unspecified atom stereocenters. The average Bonchev–Trinajstić information content (AvgIpc) is 2.49. The van der Waals surface area contributed by atoms with Crippen molar-refractivity contribution < 1.29 is 42.9 Å². The maximum absolute atomic E-state index is 11.6. The standard InChI is InChI=1S/C15H22N2O9S/c1-6(18)17-11-13(25-9(4)21)12(24-8(3)20)10(5-23-7(2)19)26-14(11)27-15(16)22/h10-14H,5H2,1-4H3,(H2,16,22)(H,17,18)/t10?,11?,12-,13+,14+/m1/s1. The lowest BCUT2D eigenvalue weighted by Crippen LogP contribution is -2.65. The van der Waals surface area contributed by atoms with Crippen LogP contribution in [0.3, 0.4) is 0 Å². The molecule has 12 heteroatoms. The van der Waals surface area contributed by atoms with Gasteiger partial charge in [0, 0.05) is 27.7 Å². The number of carbonyl (C=O) groups excluding carboxylic acids is 5. The molecule has 0 radical (unpaired) electrons. The highest BCUT2D eigenvalue weighted by atomic mass is 32.2. The minimum Gasteiger partial charge on any atom is -0.463 e. The predicted molar refractivity (Wildman–Crippen MR) is 91.2 cm³/mol. The Balaban J connectivity index is 3.29. The Morgan fingerprint density at radius 3 is 1.96 bits per heavy atom. The Morgan fingerprint density at radius 2 is 1.52 bits per heavy atom. The van der Waals surface area contributed by atoms with Gasteiger partial charge in [0.25, 0.3) is 5.24 Å². The van der Waals surface area contributed by atoms with Crippen molar-refractivity contribution in [3.8, 4) is 0 Å². The van der Waals surface area contributed by atoms with Crippen molar-refractivity contribution in [2.75, 3.05) is 6.61 Å². The van der Waals surface area contributed by atoms with E-state index in [1.165, 1.54) is 13.8 Å². The number of esters is 3. The van der Waals surface area contributed by atoms with Gasteiger partial charge in [-0.1, -0.05) is 0 Å². The number of nitrogens with one attached hydrogen (secondary N) is 1. The van der Waals surface area contributed by atoms with Crippen molar-refractivity contribution in [1.82, 2.24) is 5.32 Å². The van der Waals surface area contributed by atoms with Crippen molar-refractivity contribution >= 4 is 40.8 Å². The first-order chi connectivity index (χ1) is 12.5. The number of nitrogens with two attached hydrogens (primary N) is 1. The van der Waals surface area contributed by atoms with Gasteiger partial charge in [-0.15, -0.1) is 0 Å². The number of amides is 2. The van der Waals surface area contributed by atoms with Gasteiger partial charge in [-0.05, 0) is 11.8 Å². The number of hydrogen-bond donors (Lipinski definition) is 2. The highest BCUT2D eigenvalue weighted by Crippen LogP contribution is 2.32. The molecule has 27 heavy (non-hydrogen) atoms. The van der Waals surface area contributed by atoms with Gasteiger partial charge >= 0.3 is 17.9 Å². The molecule has 5 atom stereocenters. The largest absolute Gasteiger partial charge is 0.463 e. The van der Waals surface area contributed by atoms with Crippen molar-refractivity contribution in [1.29, 1.82) is 0 Å². The van der Waals surface area contributed by atoms with Crippen LogP contribution in [0.2, 0.25) is 0 Å². The summed E-state index contributed by atoms with van der Waals surface area (Å²) in [7, 11) is 0. The van der Waals surface area contributed by atoms with Crippen LogP contribution in [-0.2, 0) is 38.1 Å². The molecule has 152 valence electrons. The van der Waals surface area contributed by atoms with E-state index in [0.717, 1.165) is 13.8 Å². The van der Waals surface area contributed by atoms with Gasteiger partial charge in [0.15, 0.2) is 12.2 Å². The van der Waals surface area contributed by atoms with Crippen molar-refractivity contribution in [2.45, 2.75) is 57.5 Å². The van der Waals surface area contributed by atoms with Crippen LogP contribution in [0.4, 0.5) is 4.79 Å². The van der Waals surface area contributed by atoms with E-state index in [0.29, 0.717) is 11.8 Å². The van der Waals surface area contributed by atoms with Gasteiger partial charge < -0.3 is 30.0 Å². The zero-order valence-corrected chi connectivity index (χ0v) is 16.1. The molecule has 0 aromatic carbocycles. The lowest BCUT2D eigenvalue weighted by Gasteiger charge is -2.44. The summed E-state index contributed by atoms with van der Waals surface area (Å²) < 4.78 is 21.1. The monoisotopic (exact) mass is 406 g/mol. The maximum Gasteiger partial charge on any atom is 0.303 e. The summed E-state index contributed by atoms with van der Waals surface area (Å²) in [5.74, 6) is -2.55. The normalized spacial score (nSPS) is 27.2. The molecular weight excluding hydrogens is 384 g/mol. The van der Waals surface area contributed by atoms with Crippen LogP contribution in [0.15, 0.2) is 0 Å². The van der Waals surface area contributed by atoms with Crippen molar-refractivity contribution in [3.05, 3.63) is 0 Å². The molecule has 2 amide bonds. The van der Waals surface area contributed by atoms with Gasteiger partial charge in [0.1, 0.15) is 24.2 Å². The predicted octanol–water partition coefficient (Wildman–Crippen LogP) is -0.546. The quantitative estimate of drug-likeness (QED) is 0.433. The third-order valence-corrected chi connectivity index (χ3v) is 4.17. The molecule has 11 nitrogen and oxygen atoms in total. The van der Waals surface area contributed by atoms with E-state index in [4.69, 9.17) is 24.7 Å². The summed E-state index contributed by atoms with van der Waals surface area (Å²) in [4.78, 5) is 57.2. The first-order valence-corrected chi connectivity index (χ1v) is 8.75. The molecule has 3 N–H and O–H groups in total. The molecule has 1 fully saturated rings. The van der Waals surface area contributed by atoms with Gasteiger partial charge in [-0.3, -0.25) is 24.0 Å². The van der Waals surface area contributed by atoms with Crippen molar-refractivity contribution in [3.63, 3.8) is 0 Å². The van der Waals surface area contributed by atoms with Gasteiger partial charge in [-0.2, -0.15) is 0 Å². The van der Waals surface area contributed by atoms with Crippen LogP contribution in [-0.4, -0.2) is 65.5 Å². The van der Waals surface area contributed by atoms with Crippen molar-refractivity contribution in [2.24, 2.45) is 5.73 Å². The van der Waals surface area contributed by atoms with Crippen LogP contribution < -0.4 is 11.1 Å². The van der Waals surface area contributed by atoms with E-state index in [2.05, 4.69) is 5.32 Å². The van der Waals surface area contributed by atoms with E-state index in [1.807, 2.05) is 0 Å². The summed E-state index contributed by atoms with van der Waals surface area (Å²) in [6, 6.07) is -1.05. The van der Waals surface area contributed by atoms with Crippen LogP contribution >= 0.6 is 11.8 Å². The van der Waals surface area contributed by atoms with Crippen LogP contribution in [0, 0.1) is 0 Å². The minimum atomic E-state index is -1.21. The second kappa shape index (κ2) is 10.1. The Bertz CT molecular complexity index is 612. The smallest absolute Gasteiger partial charge is 0.303 e. The summed E-state index contributed by atoms with van der Waals surface area (Å²) in [6.45, 7) is 4.30. The molecule has 0 spiro atoms. The first-order valence-electron chi connectivity index (χ1n) is 7.87. The average molecular weight is 406 g/mol. The van der Waals surface area contributed by atoms with E-state index in [9.17, 15) is 24.0 Å². The fraction of sp³-hybridized carbons (Fsp3) is 0.667. The molecule has 0 aromatic heterocycles. The number of rotatable bonds is 6. The molecule has 1 aliphatic heterocycles. The number of carbonyl (C=O) groups is 5. The molecule has 1 saturated heterocycles.